The van der Waals surface area contributed by atoms with Crippen LogP contribution in [0.1, 0.15) is 48.7 Å². The summed E-state index contributed by atoms with van der Waals surface area (Å²) in [6, 6.07) is -0.236. The van der Waals surface area contributed by atoms with Crippen molar-refractivity contribution in [1.29, 1.82) is 0 Å². The number of aryl methyl sites for hydroxylation is 2. The Kier molecular flexibility index (Phi) is 9.16. The number of carboxylic acid groups (broad SMARTS) is 1. The van der Waals surface area contributed by atoms with Crippen LogP contribution in [0, 0.1) is 19.8 Å². The Hall–Kier alpha value is -3.43. The Labute approximate surface area is 180 Å². The van der Waals surface area contributed by atoms with E-state index in [1.807, 2.05) is 0 Å². The number of aliphatic carboxylic acids is 1. The van der Waals surface area contributed by atoms with E-state index < -0.39 is 48.2 Å². The number of carbonyl (C=O) groups is 5. The van der Waals surface area contributed by atoms with Crippen molar-refractivity contribution < 1.29 is 34.2 Å². The summed E-state index contributed by atoms with van der Waals surface area (Å²) in [7, 11) is 0. The first-order valence-corrected chi connectivity index (χ1v) is 9.76. The van der Waals surface area contributed by atoms with Crippen molar-refractivity contribution in [1.82, 2.24) is 16.0 Å². The summed E-state index contributed by atoms with van der Waals surface area (Å²) >= 11 is 0. The maximum absolute atomic E-state index is 12.7. The number of carboxylic acids is 1. The van der Waals surface area contributed by atoms with Crippen LogP contribution in [0.3, 0.4) is 0 Å². The third-order valence-corrected chi connectivity index (χ3v) is 4.63. The Morgan fingerprint density at radius 3 is 1.97 bits per heavy atom. The molecule has 3 amide bonds. The fourth-order valence-corrected chi connectivity index (χ4v) is 2.84. The Balaban J connectivity index is 2.85. The molecule has 0 fully saturated rings. The number of hydrogen-bond donors (Lipinski definition) is 5. The maximum Gasteiger partial charge on any atom is 0.305 e. The number of benzene rings is 1. The summed E-state index contributed by atoms with van der Waals surface area (Å²) in [5, 5.41) is 25.9. The largest absolute Gasteiger partial charge is 0.507 e. The summed E-state index contributed by atoms with van der Waals surface area (Å²) in [5.74, 6) is -3.33. The van der Waals surface area contributed by atoms with E-state index in [0.29, 0.717) is 17.4 Å². The second-order valence-corrected chi connectivity index (χ2v) is 7.73. The quantitative estimate of drug-likeness (QED) is 0.333. The van der Waals surface area contributed by atoms with Crippen LogP contribution in [0.15, 0.2) is 12.1 Å². The predicted octanol–water partition coefficient (Wildman–Crippen LogP) is 0.427. The third-order valence-electron chi connectivity index (χ3n) is 4.63. The number of phenolic OH excluding ortho intramolecular Hbond substituents is 1. The molecule has 0 aromatic heterocycles. The second-order valence-electron chi connectivity index (χ2n) is 7.73. The lowest BCUT2D eigenvalue weighted by Crippen LogP contribution is -2.55. The van der Waals surface area contributed by atoms with Gasteiger partial charge in [0.25, 0.3) is 5.91 Å². The maximum atomic E-state index is 12.7. The van der Waals surface area contributed by atoms with Gasteiger partial charge in [0.1, 0.15) is 24.1 Å². The Morgan fingerprint density at radius 1 is 0.968 bits per heavy atom. The summed E-state index contributed by atoms with van der Waals surface area (Å²) in [4.78, 5) is 59.1. The molecule has 10 heteroatoms. The molecule has 1 aromatic rings. The Bertz CT molecular complexity index is 844. The van der Waals surface area contributed by atoms with Crippen LogP contribution in [-0.4, -0.2) is 58.3 Å². The molecule has 1 aromatic carbocycles. The van der Waals surface area contributed by atoms with Crippen LogP contribution in [0.25, 0.3) is 0 Å². The lowest BCUT2D eigenvalue weighted by Gasteiger charge is -2.24. The molecule has 31 heavy (non-hydrogen) atoms. The lowest BCUT2D eigenvalue weighted by atomic mass is 10.0. The first kappa shape index (κ1) is 25.6. The molecule has 5 N–H and O–H groups in total. The van der Waals surface area contributed by atoms with E-state index in [1.165, 1.54) is 19.1 Å². The monoisotopic (exact) mass is 435 g/mol. The minimum Gasteiger partial charge on any atom is -0.507 e. The van der Waals surface area contributed by atoms with Crippen LogP contribution < -0.4 is 16.0 Å². The molecule has 0 saturated heterocycles. The van der Waals surface area contributed by atoms with E-state index in [2.05, 4.69) is 16.0 Å². The van der Waals surface area contributed by atoms with E-state index in [1.54, 1.807) is 27.7 Å². The molecule has 0 saturated carbocycles. The number of aromatic hydroxyl groups is 1. The van der Waals surface area contributed by atoms with Crippen molar-refractivity contribution >= 4 is 30.0 Å². The number of amides is 3. The number of nitrogens with one attached hydrogen (secondary N) is 3. The first-order chi connectivity index (χ1) is 14.4. The number of aldehydes is 1. The fourth-order valence-electron chi connectivity index (χ4n) is 2.84. The van der Waals surface area contributed by atoms with Gasteiger partial charge in [-0.15, -0.1) is 0 Å². The molecular formula is C21H29N3O7. The molecule has 10 nitrogen and oxygen atoms in total. The molecule has 0 bridgehead atoms. The molecule has 0 heterocycles. The van der Waals surface area contributed by atoms with Gasteiger partial charge in [0, 0.05) is 5.56 Å². The smallest absolute Gasteiger partial charge is 0.305 e. The molecule has 2 unspecified atom stereocenters. The van der Waals surface area contributed by atoms with E-state index in [9.17, 15) is 29.1 Å². The van der Waals surface area contributed by atoms with Crippen molar-refractivity contribution in [2.24, 2.45) is 5.92 Å². The molecule has 3 atom stereocenters. The van der Waals surface area contributed by atoms with Crippen LogP contribution in [0.5, 0.6) is 5.75 Å². The summed E-state index contributed by atoms with van der Waals surface area (Å²) in [6.07, 6.45) is -0.272. The predicted molar refractivity (Wildman–Crippen MR) is 112 cm³/mol. The molecule has 0 radical (unpaired) electrons. The van der Waals surface area contributed by atoms with Gasteiger partial charge in [0.2, 0.25) is 11.8 Å². The zero-order valence-corrected chi connectivity index (χ0v) is 18.2. The topological polar surface area (TPSA) is 162 Å². The van der Waals surface area contributed by atoms with Crippen molar-refractivity contribution in [3.63, 3.8) is 0 Å². The molecule has 1 rings (SSSR count). The van der Waals surface area contributed by atoms with Gasteiger partial charge in [-0.2, -0.15) is 0 Å². The van der Waals surface area contributed by atoms with Crippen LogP contribution >= 0.6 is 0 Å². The van der Waals surface area contributed by atoms with Gasteiger partial charge < -0.3 is 31.0 Å². The van der Waals surface area contributed by atoms with Gasteiger partial charge in [0.05, 0.1) is 12.5 Å². The number of carbonyl (C=O) groups excluding carboxylic acids is 4. The zero-order valence-electron chi connectivity index (χ0n) is 18.2. The minimum absolute atomic E-state index is 0.0890. The highest BCUT2D eigenvalue weighted by Crippen LogP contribution is 2.23. The van der Waals surface area contributed by atoms with Crippen molar-refractivity contribution in [3.05, 3.63) is 28.8 Å². The first-order valence-electron chi connectivity index (χ1n) is 9.76. The van der Waals surface area contributed by atoms with Crippen molar-refractivity contribution in [3.8, 4) is 5.75 Å². The van der Waals surface area contributed by atoms with Gasteiger partial charge in [-0.25, -0.2) is 0 Å². The third kappa shape index (κ3) is 7.40. The molecule has 170 valence electrons. The van der Waals surface area contributed by atoms with Crippen molar-refractivity contribution in [2.45, 2.75) is 59.2 Å². The lowest BCUT2D eigenvalue weighted by molar-refractivity contribution is -0.139. The normalized spacial score (nSPS) is 13.6. The van der Waals surface area contributed by atoms with E-state index in [4.69, 9.17) is 5.11 Å². The fraction of sp³-hybridized carbons (Fsp3) is 0.476. The van der Waals surface area contributed by atoms with Gasteiger partial charge in [0.15, 0.2) is 0 Å². The van der Waals surface area contributed by atoms with Gasteiger partial charge in [-0.3, -0.25) is 19.2 Å². The van der Waals surface area contributed by atoms with Crippen LogP contribution in [0.4, 0.5) is 0 Å². The molecule has 0 aliphatic rings. The highest BCUT2D eigenvalue weighted by molar-refractivity contribution is 5.99. The zero-order chi connectivity index (χ0) is 23.9. The molecular weight excluding hydrogens is 406 g/mol. The second kappa shape index (κ2) is 11.1. The van der Waals surface area contributed by atoms with Crippen LogP contribution in [0.2, 0.25) is 0 Å². The van der Waals surface area contributed by atoms with Crippen molar-refractivity contribution in [2.75, 3.05) is 0 Å². The number of phenols is 1. The number of hydrogen-bond acceptors (Lipinski definition) is 6. The van der Waals surface area contributed by atoms with E-state index in [0.717, 1.165) is 0 Å². The van der Waals surface area contributed by atoms with Crippen LogP contribution in [-0.2, 0) is 19.2 Å². The SMILES string of the molecule is Cc1cc(C(=O)NC(C(=O)N[C@@H](C)C(=O)NC(C=O)CC(=O)O)C(C)C)cc(C)c1O. The standard InChI is InChI=1S/C21H29N3O7/c1-10(2)17(24-20(30)14-6-11(3)18(28)12(4)7-14)21(31)22-13(5)19(29)23-15(9-25)8-16(26)27/h6-7,9-10,13,15,17,28H,8H2,1-5H3,(H,22,31)(H,23,29)(H,24,30)(H,26,27)/t13-,15?,17?/m0/s1. The molecule has 0 aliphatic carbocycles. The molecule has 0 spiro atoms. The minimum atomic E-state index is -1.25. The summed E-state index contributed by atoms with van der Waals surface area (Å²) < 4.78 is 0. The van der Waals surface area contributed by atoms with E-state index in [-0.39, 0.29) is 17.2 Å². The van der Waals surface area contributed by atoms with Gasteiger partial charge >= 0.3 is 5.97 Å². The Morgan fingerprint density at radius 2 is 1.52 bits per heavy atom. The highest BCUT2D eigenvalue weighted by Gasteiger charge is 2.28. The highest BCUT2D eigenvalue weighted by atomic mass is 16.4. The number of rotatable bonds is 10. The van der Waals surface area contributed by atoms with Gasteiger partial charge in [-0.05, 0) is 49.9 Å². The summed E-state index contributed by atoms with van der Waals surface area (Å²) in [6.45, 7) is 8.13. The molecule has 0 aliphatic heterocycles. The van der Waals surface area contributed by atoms with E-state index >= 15 is 0 Å². The average Bonchev–Trinajstić information content (AvgIpc) is 2.67. The van der Waals surface area contributed by atoms with Gasteiger partial charge in [-0.1, -0.05) is 13.8 Å². The summed E-state index contributed by atoms with van der Waals surface area (Å²) in [5.41, 5.74) is 1.32. The average molecular weight is 435 g/mol.